The topological polar surface area (TPSA) is 60.7 Å². The molecule has 0 N–H and O–H groups in total. The van der Waals surface area contributed by atoms with Crippen LogP contribution in [0.1, 0.15) is 31.0 Å². The molecule has 0 unspecified atom stereocenters. The first-order chi connectivity index (χ1) is 14.5. The molecule has 1 aliphatic rings. The number of hydrogen-bond donors (Lipinski definition) is 0. The summed E-state index contributed by atoms with van der Waals surface area (Å²) in [5.74, 6) is -0.931. The summed E-state index contributed by atoms with van der Waals surface area (Å²) in [6.07, 6.45) is 1.80. The Morgan fingerprint density at radius 3 is 2.57 bits per heavy atom. The van der Waals surface area contributed by atoms with E-state index in [0.29, 0.717) is 20.6 Å². The molecule has 30 heavy (non-hydrogen) atoms. The van der Waals surface area contributed by atoms with Crippen LogP contribution in [0.25, 0.3) is 6.08 Å². The van der Waals surface area contributed by atoms with E-state index < -0.39 is 17.8 Å². The quantitative estimate of drug-likeness (QED) is 0.608. The van der Waals surface area contributed by atoms with Crippen molar-refractivity contribution in [2.75, 3.05) is 6.61 Å². The molecule has 1 aliphatic heterocycles. The Morgan fingerprint density at radius 1 is 1.20 bits per heavy atom. The molecule has 4 rings (SSSR count). The van der Waals surface area contributed by atoms with Crippen molar-refractivity contribution in [2.45, 2.75) is 19.9 Å². The smallest absolute Gasteiger partial charge is 0.338 e. The summed E-state index contributed by atoms with van der Waals surface area (Å²) in [4.78, 5) is 31.1. The lowest BCUT2D eigenvalue weighted by Crippen LogP contribution is -2.39. The maximum Gasteiger partial charge on any atom is 0.338 e. The maximum atomic E-state index is 13.5. The van der Waals surface area contributed by atoms with Crippen molar-refractivity contribution in [2.24, 2.45) is 4.99 Å². The van der Waals surface area contributed by atoms with Crippen LogP contribution in [-0.4, -0.2) is 17.1 Å². The number of esters is 1. The molecule has 152 valence electrons. The second-order valence-electron chi connectivity index (χ2n) is 6.76. The van der Waals surface area contributed by atoms with Gasteiger partial charge in [0.05, 0.1) is 28.5 Å². The molecule has 5 nitrogen and oxygen atoms in total. The molecule has 0 amide bonds. The van der Waals surface area contributed by atoms with Gasteiger partial charge in [-0.05, 0) is 43.2 Å². The average molecular weight is 422 g/mol. The molecule has 0 aliphatic carbocycles. The number of fused-ring (bicyclic) bond motifs is 1. The van der Waals surface area contributed by atoms with Crippen molar-refractivity contribution in [1.82, 2.24) is 4.57 Å². The van der Waals surface area contributed by atoms with E-state index >= 15 is 0 Å². The summed E-state index contributed by atoms with van der Waals surface area (Å²) < 4.78 is 20.8. The van der Waals surface area contributed by atoms with Crippen molar-refractivity contribution < 1.29 is 13.9 Å². The van der Waals surface area contributed by atoms with E-state index in [0.717, 1.165) is 5.56 Å². The normalized spacial score (nSPS) is 16.2. The average Bonchev–Trinajstić information content (AvgIpc) is 3.03. The Morgan fingerprint density at radius 2 is 1.90 bits per heavy atom. The van der Waals surface area contributed by atoms with Gasteiger partial charge in [0.15, 0.2) is 4.80 Å². The van der Waals surface area contributed by atoms with Gasteiger partial charge in [-0.3, -0.25) is 9.36 Å². The first-order valence-electron chi connectivity index (χ1n) is 9.49. The summed E-state index contributed by atoms with van der Waals surface area (Å²) in [7, 11) is 0. The van der Waals surface area contributed by atoms with Crippen LogP contribution in [0.15, 0.2) is 75.7 Å². The van der Waals surface area contributed by atoms with Crippen molar-refractivity contribution in [3.8, 4) is 0 Å². The molecule has 0 saturated carbocycles. The van der Waals surface area contributed by atoms with Gasteiger partial charge in [-0.25, -0.2) is 14.2 Å². The van der Waals surface area contributed by atoms with E-state index in [-0.39, 0.29) is 17.7 Å². The largest absolute Gasteiger partial charge is 0.463 e. The van der Waals surface area contributed by atoms with E-state index in [2.05, 4.69) is 4.99 Å². The first-order valence-corrected chi connectivity index (χ1v) is 10.3. The zero-order chi connectivity index (χ0) is 21.3. The molecule has 0 radical (unpaired) electrons. The molecule has 0 bridgehead atoms. The van der Waals surface area contributed by atoms with Gasteiger partial charge in [-0.2, -0.15) is 0 Å². The van der Waals surface area contributed by atoms with Gasteiger partial charge in [0.25, 0.3) is 5.56 Å². The van der Waals surface area contributed by atoms with Gasteiger partial charge in [-0.15, -0.1) is 0 Å². The van der Waals surface area contributed by atoms with E-state index in [1.54, 1.807) is 32.1 Å². The maximum absolute atomic E-state index is 13.5. The fourth-order valence-electron chi connectivity index (χ4n) is 3.45. The van der Waals surface area contributed by atoms with Crippen LogP contribution < -0.4 is 14.9 Å². The highest BCUT2D eigenvalue weighted by Gasteiger charge is 2.33. The fraction of sp³-hybridized carbons (Fsp3) is 0.174. The standard InChI is InChI=1S/C23H19FN2O3S/c1-3-29-22(28)19-14(2)25-23-26(20(19)16-9-11-17(24)12-10-16)21(27)18(30-23)13-15-7-5-4-6-8-15/h4-13,20H,3H2,1-2H3/b18-13+/t20-/m0/s1. The highest BCUT2D eigenvalue weighted by Crippen LogP contribution is 2.30. The van der Waals surface area contributed by atoms with Crippen molar-refractivity contribution in [3.63, 3.8) is 0 Å². The number of hydrogen-bond acceptors (Lipinski definition) is 5. The summed E-state index contributed by atoms with van der Waals surface area (Å²) in [6, 6.07) is 14.6. The third-order valence-corrected chi connectivity index (χ3v) is 5.78. The Labute approximate surface area is 176 Å². The van der Waals surface area contributed by atoms with Crippen LogP contribution >= 0.6 is 11.3 Å². The van der Waals surface area contributed by atoms with Crippen LogP contribution in [0.2, 0.25) is 0 Å². The minimum Gasteiger partial charge on any atom is -0.463 e. The SMILES string of the molecule is CCOC(=O)C1=C(C)N=c2s/c(=C/c3ccccc3)c(=O)n2[C@H]1c1ccc(F)cc1. The Balaban J connectivity index is 1.96. The predicted octanol–water partition coefficient (Wildman–Crippen LogP) is 2.94. The third kappa shape index (κ3) is 3.64. The summed E-state index contributed by atoms with van der Waals surface area (Å²) in [5, 5.41) is 0. The Kier molecular flexibility index (Phi) is 5.46. The predicted molar refractivity (Wildman–Crippen MR) is 113 cm³/mol. The van der Waals surface area contributed by atoms with Gasteiger partial charge in [0.2, 0.25) is 0 Å². The number of benzene rings is 2. The van der Waals surface area contributed by atoms with E-state index in [1.807, 2.05) is 30.3 Å². The third-order valence-electron chi connectivity index (χ3n) is 4.80. The second-order valence-corrected chi connectivity index (χ2v) is 7.77. The second kappa shape index (κ2) is 8.20. The van der Waals surface area contributed by atoms with Crippen LogP contribution in [-0.2, 0) is 9.53 Å². The molecule has 7 heteroatoms. The molecular formula is C23H19FN2O3S. The number of allylic oxidation sites excluding steroid dienone is 1. The molecule has 0 spiro atoms. The molecule has 1 atom stereocenters. The van der Waals surface area contributed by atoms with Crippen LogP contribution in [0.5, 0.6) is 0 Å². The lowest BCUT2D eigenvalue weighted by molar-refractivity contribution is -0.139. The number of ether oxygens (including phenoxy) is 1. The van der Waals surface area contributed by atoms with Gasteiger partial charge in [-0.1, -0.05) is 53.8 Å². The van der Waals surface area contributed by atoms with E-state index in [9.17, 15) is 14.0 Å². The molecule has 0 fully saturated rings. The number of thiazole rings is 1. The van der Waals surface area contributed by atoms with Crippen molar-refractivity contribution in [1.29, 1.82) is 0 Å². The zero-order valence-corrected chi connectivity index (χ0v) is 17.3. The lowest BCUT2D eigenvalue weighted by Gasteiger charge is -2.24. The number of carbonyl (C=O) groups is 1. The summed E-state index contributed by atoms with van der Waals surface area (Å²) in [6.45, 7) is 3.64. The molecule has 0 saturated heterocycles. The number of halogens is 1. The van der Waals surface area contributed by atoms with Crippen LogP contribution in [0.3, 0.4) is 0 Å². The van der Waals surface area contributed by atoms with Gasteiger partial charge in [0, 0.05) is 0 Å². The summed E-state index contributed by atoms with van der Waals surface area (Å²) in [5.41, 5.74) is 2.01. The lowest BCUT2D eigenvalue weighted by atomic mass is 9.96. The monoisotopic (exact) mass is 422 g/mol. The Hall–Kier alpha value is -3.32. The van der Waals surface area contributed by atoms with Crippen LogP contribution in [0.4, 0.5) is 4.39 Å². The van der Waals surface area contributed by atoms with Gasteiger partial charge in [0.1, 0.15) is 5.82 Å². The number of rotatable bonds is 4. The highest BCUT2D eigenvalue weighted by molar-refractivity contribution is 7.07. The molecule has 2 aromatic carbocycles. The van der Waals surface area contributed by atoms with E-state index in [4.69, 9.17) is 4.74 Å². The minimum atomic E-state index is -0.737. The van der Waals surface area contributed by atoms with Gasteiger partial charge < -0.3 is 4.74 Å². The highest BCUT2D eigenvalue weighted by atomic mass is 32.1. The first kappa shape index (κ1) is 20.0. The molecule has 2 heterocycles. The van der Waals surface area contributed by atoms with Gasteiger partial charge >= 0.3 is 5.97 Å². The zero-order valence-electron chi connectivity index (χ0n) is 16.5. The van der Waals surface area contributed by atoms with Crippen molar-refractivity contribution in [3.05, 3.63) is 102 Å². The fourth-order valence-corrected chi connectivity index (χ4v) is 4.50. The number of nitrogens with zero attached hydrogens (tertiary/aromatic N) is 2. The number of carbonyl (C=O) groups excluding carboxylic acids is 1. The van der Waals surface area contributed by atoms with Crippen molar-refractivity contribution >= 4 is 23.4 Å². The molecule has 3 aromatic rings. The molecule has 1 aromatic heterocycles. The Bertz CT molecular complexity index is 1310. The minimum absolute atomic E-state index is 0.199. The molecular weight excluding hydrogens is 403 g/mol. The van der Waals surface area contributed by atoms with E-state index in [1.165, 1.54) is 28.0 Å². The van der Waals surface area contributed by atoms with Crippen LogP contribution in [0, 0.1) is 5.82 Å². The number of aromatic nitrogens is 1. The summed E-state index contributed by atoms with van der Waals surface area (Å²) >= 11 is 1.26.